The van der Waals surface area contributed by atoms with Gasteiger partial charge in [-0.2, -0.15) is 0 Å². The molecular formula is C18H20Cl2N4O. The minimum atomic E-state index is -0.119. The molecule has 1 amide bonds. The van der Waals surface area contributed by atoms with Crippen LogP contribution in [0.15, 0.2) is 36.5 Å². The third-order valence-corrected chi connectivity index (χ3v) is 5.00. The maximum atomic E-state index is 12.5. The maximum absolute atomic E-state index is 12.5. The third kappa shape index (κ3) is 3.80. The van der Waals surface area contributed by atoms with Crippen molar-refractivity contribution in [2.24, 2.45) is 0 Å². The zero-order valence-corrected chi connectivity index (χ0v) is 15.2. The summed E-state index contributed by atoms with van der Waals surface area (Å²) in [4.78, 5) is 19.0. The Kier molecular flexibility index (Phi) is 5.59. The molecule has 0 spiro atoms. The predicted molar refractivity (Wildman–Crippen MR) is 102 cm³/mol. The van der Waals surface area contributed by atoms with Gasteiger partial charge in [0.1, 0.15) is 5.15 Å². The molecule has 0 saturated carbocycles. The van der Waals surface area contributed by atoms with Gasteiger partial charge in [-0.05, 0) is 41.8 Å². The number of piperazine rings is 1. The molecule has 4 rings (SSSR count). The second-order valence-electron chi connectivity index (χ2n) is 6.24. The van der Waals surface area contributed by atoms with Crippen LogP contribution in [0.3, 0.4) is 0 Å². The number of hydrogen-bond acceptors (Lipinski definition) is 4. The lowest BCUT2D eigenvalue weighted by Crippen LogP contribution is -2.48. The number of amides is 1. The van der Waals surface area contributed by atoms with E-state index in [9.17, 15) is 4.79 Å². The van der Waals surface area contributed by atoms with E-state index in [4.69, 9.17) is 11.6 Å². The highest BCUT2D eigenvalue weighted by Gasteiger charge is 2.29. The van der Waals surface area contributed by atoms with Crippen LogP contribution in [0.2, 0.25) is 5.15 Å². The Morgan fingerprint density at radius 3 is 2.96 bits per heavy atom. The standard InChI is InChI=1S/C18H19ClN4O.ClH/c19-17-4-2-14(10-21-17)22-18(24)13-1-3-15-12(9-13)5-7-23-8-6-20-11-16(15)23;/h1-4,9-10,16,20H,5-8,11H2,(H,22,24);1H/t16-;/m0./s1. The fourth-order valence-electron chi connectivity index (χ4n) is 3.53. The van der Waals surface area contributed by atoms with Crippen LogP contribution in [-0.2, 0) is 6.42 Å². The second kappa shape index (κ2) is 7.70. The molecule has 2 aliphatic heterocycles. The molecule has 1 saturated heterocycles. The van der Waals surface area contributed by atoms with Crippen LogP contribution in [-0.4, -0.2) is 42.0 Å². The summed E-state index contributed by atoms with van der Waals surface area (Å²) in [6, 6.07) is 9.88. The van der Waals surface area contributed by atoms with Crippen molar-refractivity contribution >= 4 is 35.6 Å². The number of fused-ring (bicyclic) bond motifs is 3. The molecule has 0 unspecified atom stereocenters. The van der Waals surface area contributed by atoms with Gasteiger partial charge in [0.25, 0.3) is 5.91 Å². The molecular weight excluding hydrogens is 359 g/mol. The molecule has 132 valence electrons. The topological polar surface area (TPSA) is 57.3 Å². The normalized spacial score (nSPS) is 19.3. The van der Waals surface area contributed by atoms with Crippen LogP contribution >= 0.6 is 24.0 Å². The smallest absolute Gasteiger partial charge is 0.255 e. The van der Waals surface area contributed by atoms with Crippen molar-refractivity contribution in [3.8, 4) is 0 Å². The number of carbonyl (C=O) groups excluding carboxylic acids is 1. The van der Waals surface area contributed by atoms with E-state index in [0.29, 0.717) is 22.4 Å². The number of nitrogens with one attached hydrogen (secondary N) is 2. The minimum Gasteiger partial charge on any atom is -0.321 e. The highest BCUT2D eigenvalue weighted by molar-refractivity contribution is 6.29. The Balaban J connectivity index is 0.00000182. The van der Waals surface area contributed by atoms with Gasteiger partial charge in [-0.3, -0.25) is 9.69 Å². The molecule has 2 aliphatic rings. The lowest BCUT2D eigenvalue weighted by atomic mass is 9.90. The monoisotopic (exact) mass is 378 g/mol. The summed E-state index contributed by atoms with van der Waals surface area (Å²) in [5.74, 6) is -0.119. The van der Waals surface area contributed by atoms with Crippen LogP contribution in [0.5, 0.6) is 0 Å². The largest absolute Gasteiger partial charge is 0.321 e. The Hall–Kier alpha value is -1.66. The number of halogens is 2. The van der Waals surface area contributed by atoms with Crippen molar-refractivity contribution in [3.63, 3.8) is 0 Å². The van der Waals surface area contributed by atoms with E-state index in [1.54, 1.807) is 18.3 Å². The van der Waals surface area contributed by atoms with Crippen LogP contribution < -0.4 is 10.6 Å². The summed E-state index contributed by atoms with van der Waals surface area (Å²) in [6.07, 6.45) is 2.56. The summed E-state index contributed by atoms with van der Waals surface area (Å²) < 4.78 is 0. The van der Waals surface area contributed by atoms with Gasteiger partial charge in [0.2, 0.25) is 0 Å². The van der Waals surface area contributed by atoms with Crippen molar-refractivity contribution in [2.45, 2.75) is 12.5 Å². The van der Waals surface area contributed by atoms with Gasteiger partial charge in [0, 0.05) is 37.8 Å². The first-order chi connectivity index (χ1) is 11.7. The SMILES string of the molecule is Cl.O=C(Nc1ccc(Cl)nc1)c1ccc2c(c1)CCN1CCNC[C@@H]21. The third-order valence-electron chi connectivity index (χ3n) is 4.77. The van der Waals surface area contributed by atoms with Gasteiger partial charge in [-0.1, -0.05) is 17.7 Å². The number of benzene rings is 1. The first-order valence-corrected chi connectivity index (χ1v) is 8.59. The summed E-state index contributed by atoms with van der Waals surface area (Å²) in [7, 11) is 0. The van der Waals surface area contributed by atoms with Gasteiger partial charge in [0.15, 0.2) is 0 Å². The van der Waals surface area contributed by atoms with Crippen molar-refractivity contribution in [3.05, 3.63) is 58.4 Å². The quantitative estimate of drug-likeness (QED) is 0.788. The molecule has 2 aromatic rings. The summed E-state index contributed by atoms with van der Waals surface area (Å²) >= 11 is 5.77. The van der Waals surface area contributed by atoms with Gasteiger partial charge in [0.05, 0.1) is 11.9 Å². The molecule has 0 radical (unpaired) electrons. The fraction of sp³-hybridized carbons (Fsp3) is 0.333. The first-order valence-electron chi connectivity index (χ1n) is 8.21. The summed E-state index contributed by atoms with van der Waals surface area (Å²) in [5, 5.41) is 6.74. The Morgan fingerprint density at radius 1 is 1.28 bits per heavy atom. The van der Waals surface area contributed by atoms with E-state index in [1.165, 1.54) is 11.1 Å². The average Bonchev–Trinajstić information content (AvgIpc) is 2.63. The highest BCUT2D eigenvalue weighted by atomic mass is 35.5. The molecule has 0 bridgehead atoms. The number of pyridine rings is 1. The number of carbonyl (C=O) groups is 1. The van der Waals surface area contributed by atoms with Gasteiger partial charge in [-0.25, -0.2) is 4.98 Å². The summed E-state index contributed by atoms with van der Waals surface area (Å²) in [6.45, 7) is 4.19. The van der Waals surface area contributed by atoms with Crippen molar-refractivity contribution in [1.82, 2.24) is 15.2 Å². The number of hydrogen-bond donors (Lipinski definition) is 2. The van der Waals surface area contributed by atoms with Crippen molar-refractivity contribution in [2.75, 3.05) is 31.5 Å². The zero-order chi connectivity index (χ0) is 16.5. The molecule has 1 fully saturated rings. The Bertz CT molecular complexity index is 766. The van der Waals surface area contributed by atoms with E-state index >= 15 is 0 Å². The average molecular weight is 379 g/mol. The molecule has 3 heterocycles. The molecule has 1 aromatic carbocycles. The highest BCUT2D eigenvalue weighted by Crippen LogP contribution is 2.31. The van der Waals surface area contributed by atoms with E-state index < -0.39 is 0 Å². The molecule has 1 atom stereocenters. The van der Waals surface area contributed by atoms with Crippen LogP contribution in [0, 0.1) is 0 Å². The first kappa shape index (κ1) is 18.1. The van der Waals surface area contributed by atoms with Gasteiger partial charge >= 0.3 is 0 Å². The molecule has 1 aromatic heterocycles. The summed E-state index contributed by atoms with van der Waals surface area (Å²) in [5.41, 5.74) is 3.95. The van der Waals surface area contributed by atoms with E-state index in [-0.39, 0.29) is 18.3 Å². The Morgan fingerprint density at radius 2 is 2.16 bits per heavy atom. The number of anilines is 1. The van der Waals surface area contributed by atoms with E-state index in [0.717, 1.165) is 32.6 Å². The van der Waals surface area contributed by atoms with Gasteiger partial charge in [-0.15, -0.1) is 12.4 Å². The maximum Gasteiger partial charge on any atom is 0.255 e. The molecule has 25 heavy (non-hydrogen) atoms. The Labute approximate surface area is 158 Å². The molecule has 0 aliphatic carbocycles. The van der Waals surface area contributed by atoms with Crippen molar-refractivity contribution in [1.29, 1.82) is 0 Å². The van der Waals surface area contributed by atoms with Crippen LogP contribution in [0.4, 0.5) is 5.69 Å². The second-order valence-corrected chi connectivity index (χ2v) is 6.63. The van der Waals surface area contributed by atoms with Crippen LogP contribution in [0.25, 0.3) is 0 Å². The number of nitrogens with zero attached hydrogens (tertiary/aromatic N) is 2. The minimum absolute atomic E-state index is 0. The van der Waals surface area contributed by atoms with E-state index in [2.05, 4.69) is 26.6 Å². The number of aromatic nitrogens is 1. The van der Waals surface area contributed by atoms with Crippen molar-refractivity contribution < 1.29 is 4.79 Å². The number of rotatable bonds is 2. The fourth-order valence-corrected chi connectivity index (χ4v) is 3.64. The molecule has 7 heteroatoms. The lowest BCUT2D eigenvalue weighted by Gasteiger charge is -2.41. The van der Waals surface area contributed by atoms with E-state index in [1.807, 2.05) is 12.1 Å². The van der Waals surface area contributed by atoms with Crippen LogP contribution in [0.1, 0.15) is 27.5 Å². The molecule has 5 nitrogen and oxygen atoms in total. The lowest BCUT2D eigenvalue weighted by molar-refractivity contribution is 0.102. The predicted octanol–water partition coefficient (Wildman–Crippen LogP) is 2.91. The zero-order valence-electron chi connectivity index (χ0n) is 13.7. The molecule has 2 N–H and O–H groups in total. The van der Waals surface area contributed by atoms with Gasteiger partial charge < -0.3 is 10.6 Å².